The normalized spacial score (nSPS) is 10.2. The molecule has 7 heteroatoms. The van der Waals surface area contributed by atoms with Crippen LogP contribution in [0.1, 0.15) is 15.9 Å². The number of amides is 1. The molecule has 1 amide bonds. The third-order valence-corrected chi connectivity index (χ3v) is 3.79. The summed E-state index contributed by atoms with van der Waals surface area (Å²) in [6.07, 6.45) is 0. The molecule has 0 aliphatic rings. The Bertz CT molecular complexity index is 757. The standard InChI is InChI=1S/C17H15Cl2NO4/c1-10-6-7-11(17(22)23-2)8-14(10)20-15(21)9-24-16-12(18)4-3-5-13(16)19/h3-8H,9H2,1-2H3,(H,20,21). The third kappa shape index (κ3) is 4.40. The van der Waals surface area contributed by atoms with Gasteiger partial charge in [0, 0.05) is 5.69 Å². The van der Waals surface area contributed by atoms with E-state index in [0.717, 1.165) is 5.56 Å². The van der Waals surface area contributed by atoms with Gasteiger partial charge < -0.3 is 14.8 Å². The lowest BCUT2D eigenvalue weighted by Gasteiger charge is -2.12. The van der Waals surface area contributed by atoms with Gasteiger partial charge >= 0.3 is 5.97 Å². The minimum atomic E-state index is -0.482. The van der Waals surface area contributed by atoms with Gasteiger partial charge in [-0.2, -0.15) is 0 Å². The Morgan fingerprint density at radius 3 is 2.42 bits per heavy atom. The number of halogens is 2. The van der Waals surface area contributed by atoms with E-state index in [2.05, 4.69) is 10.1 Å². The van der Waals surface area contributed by atoms with Crippen LogP contribution in [-0.2, 0) is 9.53 Å². The number of methoxy groups -OCH3 is 1. The van der Waals surface area contributed by atoms with Gasteiger partial charge in [-0.15, -0.1) is 0 Å². The van der Waals surface area contributed by atoms with Crippen molar-refractivity contribution in [1.29, 1.82) is 0 Å². The molecule has 0 spiro atoms. The molecule has 24 heavy (non-hydrogen) atoms. The fraction of sp³-hybridized carbons (Fsp3) is 0.176. The first-order chi connectivity index (χ1) is 11.4. The van der Waals surface area contributed by atoms with E-state index in [4.69, 9.17) is 27.9 Å². The summed E-state index contributed by atoms with van der Waals surface area (Å²) in [4.78, 5) is 23.6. The molecule has 2 aromatic carbocycles. The van der Waals surface area contributed by atoms with Crippen molar-refractivity contribution in [3.8, 4) is 5.75 Å². The van der Waals surface area contributed by atoms with Crippen molar-refractivity contribution in [2.75, 3.05) is 19.0 Å². The fourth-order valence-corrected chi connectivity index (χ4v) is 2.45. The van der Waals surface area contributed by atoms with E-state index >= 15 is 0 Å². The van der Waals surface area contributed by atoms with E-state index < -0.39 is 11.9 Å². The molecule has 0 aromatic heterocycles. The number of rotatable bonds is 5. The van der Waals surface area contributed by atoms with Crippen LogP contribution in [0, 0.1) is 6.92 Å². The SMILES string of the molecule is COC(=O)c1ccc(C)c(NC(=O)COc2c(Cl)cccc2Cl)c1. The second kappa shape index (κ2) is 8.04. The van der Waals surface area contributed by atoms with Gasteiger partial charge in [0.2, 0.25) is 0 Å². The molecule has 0 aliphatic carbocycles. The van der Waals surface area contributed by atoms with Gasteiger partial charge in [0.25, 0.3) is 5.91 Å². The zero-order valence-electron chi connectivity index (χ0n) is 13.1. The second-order valence-corrected chi connectivity index (χ2v) is 5.72. The van der Waals surface area contributed by atoms with Gasteiger partial charge in [0.05, 0.1) is 22.7 Å². The van der Waals surface area contributed by atoms with Crippen LogP contribution >= 0.6 is 23.2 Å². The van der Waals surface area contributed by atoms with Gasteiger partial charge in [0.15, 0.2) is 12.4 Å². The van der Waals surface area contributed by atoms with Crippen LogP contribution < -0.4 is 10.1 Å². The number of esters is 1. The number of nitrogens with one attached hydrogen (secondary N) is 1. The topological polar surface area (TPSA) is 64.6 Å². The maximum atomic E-state index is 12.1. The molecular weight excluding hydrogens is 353 g/mol. The summed E-state index contributed by atoms with van der Waals surface area (Å²) in [7, 11) is 1.29. The molecule has 0 unspecified atom stereocenters. The largest absolute Gasteiger partial charge is 0.481 e. The summed E-state index contributed by atoms with van der Waals surface area (Å²) in [5, 5.41) is 3.32. The van der Waals surface area contributed by atoms with E-state index in [1.54, 1.807) is 36.4 Å². The van der Waals surface area contributed by atoms with E-state index in [0.29, 0.717) is 21.3 Å². The number of anilines is 1. The van der Waals surface area contributed by atoms with E-state index in [1.807, 2.05) is 6.92 Å². The molecule has 0 saturated heterocycles. The Morgan fingerprint density at radius 1 is 1.12 bits per heavy atom. The summed E-state index contributed by atoms with van der Waals surface area (Å²) in [5.74, 6) is -0.642. The average molecular weight is 368 g/mol. The summed E-state index contributed by atoms with van der Waals surface area (Å²) in [6, 6.07) is 9.79. The first-order valence-electron chi connectivity index (χ1n) is 6.98. The second-order valence-electron chi connectivity index (χ2n) is 4.91. The van der Waals surface area contributed by atoms with Gasteiger partial charge in [-0.05, 0) is 36.8 Å². The van der Waals surface area contributed by atoms with Gasteiger partial charge in [0.1, 0.15) is 0 Å². The summed E-state index contributed by atoms with van der Waals surface area (Å²) >= 11 is 12.0. The molecule has 5 nitrogen and oxygen atoms in total. The summed E-state index contributed by atoms with van der Waals surface area (Å²) in [5.41, 5.74) is 1.64. The lowest BCUT2D eigenvalue weighted by Crippen LogP contribution is -2.21. The molecule has 0 heterocycles. The van der Waals surface area contributed by atoms with E-state index in [9.17, 15) is 9.59 Å². The highest BCUT2D eigenvalue weighted by Crippen LogP contribution is 2.32. The summed E-state index contributed by atoms with van der Waals surface area (Å²) < 4.78 is 10.0. The quantitative estimate of drug-likeness (QED) is 0.807. The highest BCUT2D eigenvalue weighted by atomic mass is 35.5. The number of hydrogen-bond acceptors (Lipinski definition) is 4. The molecule has 0 aliphatic heterocycles. The third-order valence-electron chi connectivity index (χ3n) is 3.20. The molecule has 2 aromatic rings. The van der Waals surface area contributed by atoms with Gasteiger partial charge in [-0.25, -0.2) is 4.79 Å². The van der Waals surface area contributed by atoms with Crippen LogP contribution in [0.3, 0.4) is 0 Å². The molecule has 0 fully saturated rings. The number of carbonyl (C=O) groups excluding carboxylic acids is 2. The van der Waals surface area contributed by atoms with Crippen LogP contribution in [0.5, 0.6) is 5.75 Å². The molecule has 126 valence electrons. The van der Waals surface area contributed by atoms with Crippen LogP contribution in [0.25, 0.3) is 0 Å². The van der Waals surface area contributed by atoms with Crippen LogP contribution in [0.4, 0.5) is 5.69 Å². The highest BCUT2D eigenvalue weighted by Gasteiger charge is 2.12. The highest BCUT2D eigenvalue weighted by molar-refractivity contribution is 6.37. The van der Waals surface area contributed by atoms with Crippen molar-refractivity contribution in [1.82, 2.24) is 0 Å². The van der Waals surface area contributed by atoms with Crippen molar-refractivity contribution >= 4 is 40.8 Å². The van der Waals surface area contributed by atoms with Crippen molar-refractivity contribution in [2.24, 2.45) is 0 Å². The minimum Gasteiger partial charge on any atom is -0.481 e. The average Bonchev–Trinajstić information content (AvgIpc) is 2.55. The number of para-hydroxylation sites is 1. The monoisotopic (exact) mass is 367 g/mol. The lowest BCUT2D eigenvalue weighted by molar-refractivity contribution is -0.118. The molecule has 0 atom stereocenters. The molecule has 0 saturated carbocycles. The predicted molar refractivity (Wildman–Crippen MR) is 93.1 cm³/mol. The number of aryl methyl sites for hydroxylation is 1. The van der Waals surface area contributed by atoms with Crippen LogP contribution in [0.15, 0.2) is 36.4 Å². The van der Waals surface area contributed by atoms with Crippen LogP contribution in [0.2, 0.25) is 10.0 Å². The zero-order chi connectivity index (χ0) is 17.7. The minimum absolute atomic E-state index is 0.246. The zero-order valence-corrected chi connectivity index (χ0v) is 14.6. The lowest BCUT2D eigenvalue weighted by atomic mass is 10.1. The number of carbonyl (C=O) groups is 2. The Morgan fingerprint density at radius 2 is 1.79 bits per heavy atom. The van der Waals surface area contributed by atoms with Crippen molar-refractivity contribution in [2.45, 2.75) is 6.92 Å². The first kappa shape index (κ1) is 18.1. The van der Waals surface area contributed by atoms with Crippen molar-refractivity contribution < 1.29 is 19.1 Å². The maximum Gasteiger partial charge on any atom is 0.337 e. The Hall–Kier alpha value is -2.24. The Kier molecular flexibility index (Phi) is 6.06. The Labute approximate surface area is 149 Å². The van der Waals surface area contributed by atoms with Gasteiger partial charge in [-0.3, -0.25) is 4.79 Å². The molecule has 2 rings (SSSR count). The van der Waals surface area contributed by atoms with Crippen molar-refractivity contribution in [3.05, 3.63) is 57.6 Å². The first-order valence-corrected chi connectivity index (χ1v) is 7.73. The summed E-state index contributed by atoms with van der Waals surface area (Å²) in [6.45, 7) is 1.54. The van der Waals surface area contributed by atoms with Crippen LogP contribution in [-0.4, -0.2) is 25.6 Å². The molecule has 1 N–H and O–H groups in total. The van der Waals surface area contributed by atoms with Gasteiger partial charge in [-0.1, -0.05) is 35.3 Å². The van der Waals surface area contributed by atoms with Crippen molar-refractivity contribution in [3.63, 3.8) is 0 Å². The molecule has 0 radical (unpaired) electrons. The number of hydrogen-bond donors (Lipinski definition) is 1. The molecule has 0 bridgehead atoms. The maximum absolute atomic E-state index is 12.1. The fourth-order valence-electron chi connectivity index (χ4n) is 1.95. The number of benzene rings is 2. The predicted octanol–water partition coefficient (Wildman–Crippen LogP) is 4.11. The van der Waals surface area contributed by atoms with E-state index in [1.165, 1.54) is 7.11 Å². The molecular formula is C17H15Cl2NO4. The number of ether oxygens (including phenoxy) is 2. The van der Waals surface area contributed by atoms with E-state index in [-0.39, 0.29) is 12.4 Å². The Balaban J connectivity index is 2.06. The smallest absolute Gasteiger partial charge is 0.337 e.